The summed E-state index contributed by atoms with van der Waals surface area (Å²) in [6.07, 6.45) is 9.43. The molecule has 1 fully saturated rings. The molecule has 2 atom stereocenters. The first kappa shape index (κ1) is 35.3. The molecule has 0 radical (unpaired) electrons. The van der Waals surface area contributed by atoms with E-state index in [9.17, 15) is 18.0 Å². The number of halogens is 1. The van der Waals surface area contributed by atoms with E-state index in [4.69, 9.17) is 9.47 Å². The van der Waals surface area contributed by atoms with E-state index in [1.165, 1.54) is 17.6 Å². The minimum atomic E-state index is -3.70. The van der Waals surface area contributed by atoms with Crippen LogP contribution in [0.3, 0.4) is 0 Å². The van der Waals surface area contributed by atoms with E-state index < -0.39 is 16.1 Å². The zero-order valence-corrected chi connectivity index (χ0v) is 31.1. The molecule has 1 unspecified atom stereocenters. The van der Waals surface area contributed by atoms with Gasteiger partial charge >= 0.3 is 0 Å². The van der Waals surface area contributed by atoms with Crippen LogP contribution in [0.15, 0.2) is 80.3 Å². The maximum atomic E-state index is 14.4. The summed E-state index contributed by atoms with van der Waals surface area (Å²) in [6, 6.07) is 13.8. The van der Waals surface area contributed by atoms with Crippen LogP contribution in [-0.4, -0.2) is 83.0 Å². The highest BCUT2D eigenvalue weighted by molar-refractivity contribution is 9.11. The number of methoxy groups -OCH3 is 2. The number of fused-ring (bicyclic) bond motifs is 1. The van der Waals surface area contributed by atoms with Crippen LogP contribution in [0.4, 0.5) is 5.69 Å². The maximum absolute atomic E-state index is 14.4. The number of allylic oxidation sites excluding steroid dienone is 3. The molecule has 0 bridgehead atoms. The SMILES string of the molecule is COc1ccc(C(CCCNS(=O)(=O)c2ccc(Br)s2)N2C(=O)c3cccc(N4CCN([C@H](C)C5=CC=CCC5)CC4)c3C2=O)cc1OC. The Balaban J connectivity index is 1.23. The number of hydrogen-bond donors (Lipinski definition) is 1. The Morgan fingerprint density at radius 2 is 1.76 bits per heavy atom. The van der Waals surface area contributed by atoms with Crippen LogP contribution < -0.4 is 19.1 Å². The fourth-order valence-electron chi connectivity index (χ4n) is 6.91. The van der Waals surface area contributed by atoms with Crippen molar-refractivity contribution < 1.29 is 27.5 Å². The van der Waals surface area contributed by atoms with E-state index in [1.807, 2.05) is 18.2 Å². The fraction of sp³-hybridized carbons (Fsp3) is 0.389. The van der Waals surface area contributed by atoms with E-state index in [-0.39, 0.29) is 22.6 Å². The highest BCUT2D eigenvalue weighted by Crippen LogP contribution is 2.41. The average Bonchev–Trinajstić information content (AvgIpc) is 3.69. The summed E-state index contributed by atoms with van der Waals surface area (Å²) in [5, 5.41) is 0. The van der Waals surface area contributed by atoms with Crippen LogP contribution in [0, 0.1) is 0 Å². The zero-order chi connectivity index (χ0) is 34.7. The van der Waals surface area contributed by atoms with Crippen molar-refractivity contribution in [1.82, 2.24) is 14.5 Å². The second kappa shape index (κ2) is 15.2. The lowest BCUT2D eigenvalue weighted by Crippen LogP contribution is -2.50. The van der Waals surface area contributed by atoms with Crippen molar-refractivity contribution in [2.45, 2.75) is 48.9 Å². The molecule has 3 heterocycles. The molecule has 1 saturated heterocycles. The Hall–Kier alpha value is -3.49. The molecule has 2 amide bonds. The number of imide groups is 1. The highest BCUT2D eigenvalue weighted by Gasteiger charge is 2.43. The van der Waals surface area contributed by atoms with Gasteiger partial charge in [0, 0.05) is 38.8 Å². The van der Waals surface area contributed by atoms with Crippen LogP contribution in [0.5, 0.6) is 11.5 Å². The summed E-state index contributed by atoms with van der Waals surface area (Å²) >= 11 is 4.45. The second-order valence-corrected chi connectivity index (χ2v) is 16.8. The van der Waals surface area contributed by atoms with E-state index in [2.05, 4.69) is 55.6 Å². The predicted molar refractivity (Wildman–Crippen MR) is 195 cm³/mol. The zero-order valence-electron chi connectivity index (χ0n) is 27.9. The first-order valence-electron chi connectivity index (χ1n) is 16.5. The molecule has 2 aliphatic heterocycles. The van der Waals surface area contributed by atoms with Crippen LogP contribution in [0.25, 0.3) is 0 Å². The fourth-order valence-corrected chi connectivity index (χ4v) is 10.0. The number of rotatable bonds is 13. The minimum Gasteiger partial charge on any atom is -0.493 e. The number of benzene rings is 2. The lowest BCUT2D eigenvalue weighted by atomic mass is 9.97. The van der Waals surface area contributed by atoms with Crippen molar-refractivity contribution in [3.8, 4) is 11.5 Å². The number of carbonyl (C=O) groups is 2. The van der Waals surface area contributed by atoms with E-state index in [0.717, 1.165) is 59.8 Å². The van der Waals surface area contributed by atoms with Gasteiger partial charge in [0.2, 0.25) is 10.0 Å². The van der Waals surface area contributed by atoms with Crippen LogP contribution in [0.1, 0.15) is 64.9 Å². The Kier molecular flexibility index (Phi) is 10.9. The molecule has 2 aromatic carbocycles. The molecule has 3 aliphatic rings. The summed E-state index contributed by atoms with van der Waals surface area (Å²) in [7, 11) is -0.621. The van der Waals surface area contributed by atoms with Crippen LogP contribution >= 0.6 is 27.3 Å². The molecule has 10 nitrogen and oxygen atoms in total. The smallest absolute Gasteiger partial charge is 0.264 e. The third-order valence-corrected chi connectivity index (χ3v) is 13.2. The van der Waals surface area contributed by atoms with Gasteiger partial charge in [-0.2, -0.15) is 0 Å². The van der Waals surface area contributed by atoms with Gasteiger partial charge in [0.25, 0.3) is 11.8 Å². The number of piperazine rings is 1. The topological polar surface area (TPSA) is 108 Å². The summed E-state index contributed by atoms with van der Waals surface area (Å²) in [4.78, 5) is 34.6. The lowest BCUT2D eigenvalue weighted by molar-refractivity contribution is 0.0572. The number of amides is 2. The van der Waals surface area contributed by atoms with Crippen molar-refractivity contribution in [3.63, 3.8) is 0 Å². The minimum absolute atomic E-state index is 0.131. The van der Waals surface area contributed by atoms with Gasteiger partial charge in [-0.1, -0.05) is 35.9 Å². The highest BCUT2D eigenvalue weighted by atomic mass is 79.9. The molecule has 1 aromatic heterocycles. The molecule has 6 rings (SSSR count). The predicted octanol–water partition coefficient (Wildman–Crippen LogP) is 6.41. The van der Waals surface area contributed by atoms with Crippen molar-refractivity contribution in [1.29, 1.82) is 0 Å². The molecule has 0 spiro atoms. The molecule has 1 aliphatic carbocycles. The number of sulfonamides is 1. The van der Waals surface area contributed by atoms with Gasteiger partial charge in [-0.15, -0.1) is 11.3 Å². The number of thiophene rings is 1. The third kappa shape index (κ3) is 7.36. The number of nitrogens with zero attached hydrogens (tertiary/aromatic N) is 3. The second-order valence-electron chi connectivity index (χ2n) is 12.3. The Bertz CT molecular complexity index is 1880. The van der Waals surface area contributed by atoms with Crippen molar-refractivity contribution in [2.24, 2.45) is 0 Å². The van der Waals surface area contributed by atoms with Gasteiger partial charge in [-0.3, -0.25) is 19.4 Å². The van der Waals surface area contributed by atoms with Crippen molar-refractivity contribution in [2.75, 3.05) is 51.8 Å². The average molecular weight is 770 g/mol. The van der Waals surface area contributed by atoms with Crippen molar-refractivity contribution >= 4 is 54.8 Å². The van der Waals surface area contributed by atoms with Gasteiger partial charge in [0.15, 0.2) is 11.5 Å². The summed E-state index contributed by atoms with van der Waals surface area (Å²) in [6.45, 7) is 5.58. The number of nitrogens with one attached hydrogen (secondary N) is 1. The van der Waals surface area contributed by atoms with Crippen molar-refractivity contribution in [3.05, 3.63) is 92.8 Å². The molecule has 260 valence electrons. The summed E-state index contributed by atoms with van der Waals surface area (Å²) < 4.78 is 40.3. The first-order valence-corrected chi connectivity index (χ1v) is 19.5. The Morgan fingerprint density at radius 3 is 2.43 bits per heavy atom. The number of hydrogen-bond acceptors (Lipinski definition) is 9. The van der Waals surface area contributed by atoms with Crippen LogP contribution in [0.2, 0.25) is 0 Å². The molecule has 49 heavy (non-hydrogen) atoms. The molecule has 0 saturated carbocycles. The number of anilines is 1. The van der Waals surface area contributed by atoms with Gasteiger partial charge in [-0.05, 0) is 90.5 Å². The normalized spacial score (nSPS) is 18.0. The molecule has 3 aromatic rings. The Morgan fingerprint density at radius 1 is 0.980 bits per heavy atom. The van der Waals surface area contributed by atoms with Gasteiger partial charge in [0.1, 0.15) is 4.21 Å². The monoisotopic (exact) mass is 768 g/mol. The van der Waals surface area contributed by atoms with Gasteiger partial charge in [0.05, 0.1) is 40.9 Å². The molecular formula is C36H41BrN4O6S2. The summed E-state index contributed by atoms with van der Waals surface area (Å²) in [5.41, 5.74) is 3.71. The van der Waals surface area contributed by atoms with Gasteiger partial charge in [-0.25, -0.2) is 13.1 Å². The molecule has 13 heteroatoms. The molecule has 1 N–H and O–H groups in total. The number of ether oxygens (including phenoxy) is 2. The maximum Gasteiger partial charge on any atom is 0.264 e. The van der Waals surface area contributed by atoms with Crippen LogP contribution in [-0.2, 0) is 10.0 Å². The largest absolute Gasteiger partial charge is 0.493 e. The lowest BCUT2D eigenvalue weighted by Gasteiger charge is -2.40. The number of carbonyl (C=O) groups excluding carboxylic acids is 2. The quantitative estimate of drug-likeness (QED) is 0.157. The van der Waals surface area contributed by atoms with E-state index in [0.29, 0.717) is 47.1 Å². The standard InChI is InChI=1S/C36H41BrN4O6S2/c1-24(25-9-5-4-6-10-25)39-19-21-40(22-20-39)29-12-7-11-27-34(29)36(43)41(35(27)42)28(26-14-15-30(46-2)31(23-26)47-3)13-8-18-38-49(44,45)33-17-16-32(37)48-33/h4-5,7,9,11-12,14-17,23-24,28,38H,6,8,10,13,18-22H2,1-3H3/t24-,28?/m1/s1. The van der Waals surface area contributed by atoms with E-state index in [1.54, 1.807) is 37.4 Å². The molecular weight excluding hydrogens is 728 g/mol. The summed E-state index contributed by atoms with van der Waals surface area (Å²) in [5.74, 6) is 0.275. The van der Waals surface area contributed by atoms with Gasteiger partial charge < -0.3 is 14.4 Å². The van der Waals surface area contributed by atoms with E-state index >= 15 is 0 Å². The Labute approximate surface area is 300 Å². The third-order valence-electron chi connectivity index (χ3n) is 9.57. The first-order chi connectivity index (χ1) is 23.6.